The van der Waals surface area contributed by atoms with Crippen LogP contribution in [0.15, 0.2) is 45.4 Å². The van der Waals surface area contributed by atoms with E-state index in [1.807, 2.05) is 43.3 Å². The summed E-state index contributed by atoms with van der Waals surface area (Å²) in [5, 5.41) is 11.1. The molecule has 8 nitrogen and oxygen atoms in total. The zero-order valence-corrected chi connectivity index (χ0v) is 15.8. The third-order valence-corrected chi connectivity index (χ3v) is 4.84. The van der Waals surface area contributed by atoms with Crippen LogP contribution in [0.2, 0.25) is 0 Å². The molecule has 4 rings (SSSR count). The molecule has 3 aromatic rings. The summed E-state index contributed by atoms with van der Waals surface area (Å²) >= 11 is 0. The Balaban J connectivity index is 1.39. The van der Waals surface area contributed by atoms with Crippen molar-refractivity contribution in [2.75, 3.05) is 13.7 Å². The first-order chi connectivity index (χ1) is 13.6. The summed E-state index contributed by atoms with van der Waals surface area (Å²) in [4.78, 5) is 14.4. The Hall–Kier alpha value is -3.29. The SMILES string of the molecule is COc1cccc(-c2cc(CNC(=O)N3CCC[C@@H]3c3cc(C)on3)on2)c1. The predicted octanol–water partition coefficient (Wildman–Crippen LogP) is 3.69. The molecule has 2 amide bonds. The first kappa shape index (κ1) is 18.1. The van der Waals surface area contributed by atoms with Gasteiger partial charge in [0.15, 0.2) is 5.76 Å². The molecule has 2 aromatic heterocycles. The normalized spacial score (nSPS) is 16.4. The van der Waals surface area contributed by atoms with Gasteiger partial charge in [-0.1, -0.05) is 22.4 Å². The molecular weight excluding hydrogens is 360 g/mol. The number of aryl methyl sites for hydroxylation is 1. The molecule has 1 fully saturated rings. The molecule has 1 atom stereocenters. The molecule has 146 valence electrons. The highest BCUT2D eigenvalue weighted by molar-refractivity contribution is 5.75. The average Bonchev–Trinajstić information content (AvgIpc) is 3.46. The Morgan fingerprint density at radius 2 is 2.18 bits per heavy atom. The second-order valence-electron chi connectivity index (χ2n) is 6.78. The van der Waals surface area contributed by atoms with Crippen molar-refractivity contribution >= 4 is 6.03 Å². The van der Waals surface area contributed by atoms with E-state index in [1.165, 1.54) is 0 Å². The van der Waals surface area contributed by atoms with Crippen LogP contribution < -0.4 is 10.1 Å². The minimum Gasteiger partial charge on any atom is -0.497 e. The van der Waals surface area contributed by atoms with Crippen LogP contribution in [0.4, 0.5) is 4.79 Å². The van der Waals surface area contributed by atoms with Crippen molar-refractivity contribution in [3.63, 3.8) is 0 Å². The van der Waals surface area contributed by atoms with E-state index in [9.17, 15) is 4.79 Å². The van der Waals surface area contributed by atoms with Gasteiger partial charge in [0, 0.05) is 24.2 Å². The van der Waals surface area contributed by atoms with Crippen LogP contribution >= 0.6 is 0 Å². The number of amides is 2. The summed E-state index contributed by atoms with van der Waals surface area (Å²) in [7, 11) is 1.62. The second kappa shape index (κ2) is 7.75. The standard InChI is InChI=1S/C20H22N4O4/c1-13-9-18(23-27-13)19-7-4-8-24(19)20(25)21-12-16-11-17(22-28-16)14-5-3-6-15(10-14)26-2/h3,5-6,9-11,19H,4,7-8,12H2,1-2H3,(H,21,25)/t19-/m1/s1. The van der Waals surface area contributed by atoms with Crippen molar-refractivity contribution in [3.8, 4) is 17.0 Å². The van der Waals surface area contributed by atoms with Gasteiger partial charge in [0.25, 0.3) is 0 Å². The van der Waals surface area contributed by atoms with E-state index in [0.29, 0.717) is 18.0 Å². The molecule has 0 aliphatic carbocycles. The number of methoxy groups -OCH3 is 1. The van der Waals surface area contributed by atoms with Gasteiger partial charge in [0.05, 0.1) is 19.7 Å². The number of urea groups is 1. The zero-order valence-electron chi connectivity index (χ0n) is 15.8. The molecule has 0 unspecified atom stereocenters. The fourth-order valence-corrected chi connectivity index (χ4v) is 3.44. The maximum Gasteiger partial charge on any atom is 0.318 e. The fourth-order valence-electron chi connectivity index (χ4n) is 3.44. The lowest BCUT2D eigenvalue weighted by Crippen LogP contribution is -2.39. The van der Waals surface area contributed by atoms with Gasteiger partial charge in [-0.25, -0.2) is 4.79 Å². The van der Waals surface area contributed by atoms with Crippen LogP contribution in [0.25, 0.3) is 11.3 Å². The number of nitrogens with zero attached hydrogens (tertiary/aromatic N) is 3. The molecule has 1 aliphatic rings. The molecule has 3 heterocycles. The van der Waals surface area contributed by atoms with Crippen LogP contribution in [0, 0.1) is 6.92 Å². The zero-order chi connectivity index (χ0) is 19.5. The lowest BCUT2D eigenvalue weighted by Gasteiger charge is -2.22. The second-order valence-corrected chi connectivity index (χ2v) is 6.78. The molecule has 1 saturated heterocycles. The van der Waals surface area contributed by atoms with Gasteiger partial charge in [-0.2, -0.15) is 0 Å². The lowest BCUT2D eigenvalue weighted by molar-refractivity contribution is 0.189. The molecule has 0 saturated carbocycles. The molecule has 0 bridgehead atoms. The summed E-state index contributed by atoms with van der Waals surface area (Å²) in [6.07, 6.45) is 1.81. The van der Waals surface area contributed by atoms with Crippen LogP contribution in [0.3, 0.4) is 0 Å². The molecule has 1 N–H and O–H groups in total. The molecule has 0 spiro atoms. The third kappa shape index (κ3) is 3.71. The van der Waals surface area contributed by atoms with Gasteiger partial charge in [-0.3, -0.25) is 0 Å². The molecular formula is C20H22N4O4. The largest absolute Gasteiger partial charge is 0.497 e. The maximum atomic E-state index is 12.6. The summed E-state index contributed by atoms with van der Waals surface area (Å²) in [5.41, 5.74) is 2.38. The minimum absolute atomic E-state index is 0.0560. The predicted molar refractivity (Wildman–Crippen MR) is 101 cm³/mol. The molecule has 28 heavy (non-hydrogen) atoms. The average molecular weight is 382 g/mol. The highest BCUT2D eigenvalue weighted by Crippen LogP contribution is 2.31. The first-order valence-electron chi connectivity index (χ1n) is 9.22. The summed E-state index contributed by atoms with van der Waals surface area (Å²) in [5.74, 6) is 2.08. The topological polar surface area (TPSA) is 93.6 Å². The quantitative estimate of drug-likeness (QED) is 0.723. The van der Waals surface area contributed by atoms with Crippen molar-refractivity contribution < 1.29 is 18.6 Å². The number of carbonyl (C=O) groups is 1. The lowest BCUT2D eigenvalue weighted by atomic mass is 10.1. The van der Waals surface area contributed by atoms with Gasteiger partial charge in [0.2, 0.25) is 0 Å². The number of ether oxygens (including phenoxy) is 1. The first-order valence-corrected chi connectivity index (χ1v) is 9.22. The highest BCUT2D eigenvalue weighted by atomic mass is 16.5. The molecule has 8 heteroatoms. The van der Waals surface area contributed by atoms with Crippen LogP contribution in [-0.4, -0.2) is 34.9 Å². The molecule has 1 aliphatic heterocycles. The Morgan fingerprint density at radius 3 is 2.96 bits per heavy atom. The van der Waals surface area contributed by atoms with E-state index in [1.54, 1.807) is 12.0 Å². The summed E-state index contributed by atoms with van der Waals surface area (Å²) in [6, 6.07) is 11.1. The number of hydrogen-bond donors (Lipinski definition) is 1. The van der Waals surface area contributed by atoms with Crippen molar-refractivity contribution in [2.45, 2.75) is 32.4 Å². The maximum absolute atomic E-state index is 12.6. The van der Waals surface area contributed by atoms with Crippen molar-refractivity contribution in [2.24, 2.45) is 0 Å². The summed E-state index contributed by atoms with van der Waals surface area (Å²) in [6.45, 7) is 2.80. The Morgan fingerprint density at radius 1 is 1.29 bits per heavy atom. The summed E-state index contributed by atoms with van der Waals surface area (Å²) < 4.78 is 15.8. The number of rotatable bonds is 5. The number of benzene rings is 1. The van der Waals surface area contributed by atoms with Crippen molar-refractivity contribution in [1.82, 2.24) is 20.5 Å². The van der Waals surface area contributed by atoms with Gasteiger partial charge in [-0.15, -0.1) is 0 Å². The molecule has 0 radical (unpaired) electrons. The van der Waals surface area contributed by atoms with E-state index >= 15 is 0 Å². The van der Waals surface area contributed by atoms with E-state index in [0.717, 1.165) is 35.6 Å². The van der Waals surface area contributed by atoms with E-state index < -0.39 is 0 Å². The van der Waals surface area contributed by atoms with E-state index in [2.05, 4.69) is 15.6 Å². The minimum atomic E-state index is -0.150. The van der Waals surface area contributed by atoms with Crippen LogP contribution in [-0.2, 0) is 6.54 Å². The van der Waals surface area contributed by atoms with Crippen molar-refractivity contribution in [1.29, 1.82) is 0 Å². The number of carbonyl (C=O) groups excluding carboxylic acids is 1. The van der Waals surface area contributed by atoms with Crippen molar-refractivity contribution in [3.05, 3.63) is 53.6 Å². The van der Waals surface area contributed by atoms with Gasteiger partial charge in [0.1, 0.15) is 22.9 Å². The van der Waals surface area contributed by atoms with Gasteiger partial charge < -0.3 is 24.0 Å². The number of likely N-dealkylation sites (tertiary alicyclic amines) is 1. The van der Waals surface area contributed by atoms with Crippen LogP contribution in [0.5, 0.6) is 5.75 Å². The number of aromatic nitrogens is 2. The van der Waals surface area contributed by atoms with E-state index in [-0.39, 0.29) is 18.6 Å². The Labute approximate surface area is 162 Å². The Kier molecular flexibility index (Phi) is 5.01. The third-order valence-electron chi connectivity index (χ3n) is 4.84. The number of hydrogen-bond acceptors (Lipinski definition) is 6. The van der Waals surface area contributed by atoms with Gasteiger partial charge >= 0.3 is 6.03 Å². The van der Waals surface area contributed by atoms with Crippen LogP contribution in [0.1, 0.15) is 36.1 Å². The smallest absolute Gasteiger partial charge is 0.318 e. The number of nitrogens with one attached hydrogen (secondary N) is 1. The highest BCUT2D eigenvalue weighted by Gasteiger charge is 2.32. The monoisotopic (exact) mass is 382 g/mol. The molecule has 1 aromatic carbocycles. The van der Waals surface area contributed by atoms with Gasteiger partial charge in [-0.05, 0) is 31.9 Å². The van der Waals surface area contributed by atoms with E-state index in [4.69, 9.17) is 13.8 Å². The Bertz CT molecular complexity index is 965. The fraction of sp³-hybridized carbons (Fsp3) is 0.350.